The lowest BCUT2D eigenvalue weighted by molar-refractivity contribution is -0.0491. The minimum Gasteiger partial charge on any atom is -0.435 e. The normalized spacial score (nSPS) is 10.9. The fourth-order valence-electron chi connectivity index (χ4n) is 1.74. The number of benzene rings is 2. The van der Waals surface area contributed by atoms with Gasteiger partial charge in [-0.2, -0.15) is 8.78 Å². The zero-order valence-corrected chi connectivity index (χ0v) is 8.68. The zero-order valence-electron chi connectivity index (χ0n) is 8.68. The van der Waals surface area contributed by atoms with E-state index in [0.29, 0.717) is 5.39 Å². The molecule has 2 aromatic rings. The average Bonchev–Trinajstić information content (AvgIpc) is 2.27. The second kappa shape index (κ2) is 4.69. The summed E-state index contributed by atoms with van der Waals surface area (Å²) in [5.41, 5.74) is -0.0524. The first kappa shape index (κ1) is 11.8. The Bertz CT molecular complexity index is 531. The topological polar surface area (TPSA) is 49.7 Å². The van der Waals surface area contributed by atoms with Crippen molar-refractivity contribution in [3.63, 3.8) is 0 Å². The van der Waals surface area contributed by atoms with Crippen LogP contribution in [-0.2, 0) is 0 Å². The molecule has 2 N–H and O–H groups in total. The summed E-state index contributed by atoms with van der Waals surface area (Å²) in [5, 5.41) is 19.7. The van der Waals surface area contributed by atoms with Crippen molar-refractivity contribution in [2.75, 3.05) is 0 Å². The standard InChI is InChI=1S/C11H9BF2O3/c13-11(14)17-9-6-5-7-3-1-2-4-8(7)10(9)12(15)16/h1-6,11,15-16H. The number of rotatable bonds is 3. The Hall–Kier alpha value is -1.66. The largest absolute Gasteiger partial charge is 0.492 e. The van der Waals surface area contributed by atoms with Gasteiger partial charge in [-0.25, -0.2) is 0 Å². The number of fused-ring (bicyclic) bond motifs is 1. The van der Waals surface area contributed by atoms with E-state index in [-0.39, 0.29) is 11.2 Å². The molecular weight excluding hydrogens is 229 g/mol. The van der Waals surface area contributed by atoms with Crippen LogP contribution in [0.3, 0.4) is 0 Å². The summed E-state index contributed by atoms with van der Waals surface area (Å²) < 4.78 is 28.6. The fourth-order valence-corrected chi connectivity index (χ4v) is 1.74. The lowest BCUT2D eigenvalue weighted by atomic mass is 9.76. The van der Waals surface area contributed by atoms with Crippen LogP contribution in [0.2, 0.25) is 0 Å². The van der Waals surface area contributed by atoms with Crippen molar-refractivity contribution in [2.45, 2.75) is 6.61 Å². The van der Waals surface area contributed by atoms with Crippen molar-refractivity contribution in [2.24, 2.45) is 0 Å². The molecule has 0 aliphatic rings. The van der Waals surface area contributed by atoms with Crippen molar-refractivity contribution >= 4 is 23.4 Å². The highest BCUT2D eigenvalue weighted by molar-refractivity contribution is 6.63. The maximum atomic E-state index is 12.2. The summed E-state index contributed by atoms with van der Waals surface area (Å²) in [5.74, 6) is -0.228. The smallest absolute Gasteiger partial charge is 0.435 e. The molecule has 6 heteroatoms. The Morgan fingerprint density at radius 1 is 1.06 bits per heavy atom. The van der Waals surface area contributed by atoms with Gasteiger partial charge in [0.15, 0.2) is 0 Å². The van der Waals surface area contributed by atoms with Gasteiger partial charge in [0.1, 0.15) is 5.75 Å². The third-order valence-corrected chi connectivity index (χ3v) is 2.40. The Labute approximate surface area is 96.4 Å². The molecule has 88 valence electrons. The van der Waals surface area contributed by atoms with Gasteiger partial charge in [-0.1, -0.05) is 30.3 Å². The third-order valence-electron chi connectivity index (χ3n) is 2.40. The van der Waals surface area contributed by atoms with Gasteiger partial charge in [-0.3, -0.25) is 0 Å². The molecule has 0 aliphatic carbocycles. The van der Waals surface area contributed by atoms with Crippen molar-refractivity contribution in [3.05, 3.63) is 36.4 Å². The Kier molecular flexibility index (Phi) is 3.26. The van der Waals surface area contributed by atoms with Gasteiger partial charge in [0.2, 0.25) is 0 Å². The quantitative estimate of drug-likeness (QED) is 0.787. The van der Waals surface area contributed by atoms with E-state index in [1.54, 1.807) is 30.3 Å². The molecule has 2 aromatic carbocycles. The summed E-state index contributed by atoms with van der Waals surface area (Å²) >= 11 is 0. The second-order valence-corrected chi connectivity index (χ2v) is 3.45. The molecule has 0 aliphatic heterocycles. The number of halogens is 2. The van der Waals surface area contributed by atoms with E-state index < -0.39 is 13.7 Å². The molecule has 0 saturated heterocycles. The lowest BCUT2D eigenvalue weighted by Crippen LogP contribution is -2.32. The predicted octanol–water partition coefficient (Wildman–Crippen LogP) is 1.12. The van der Waals surface area contributed by atoms with Crippen LogP contribution < -0.4 is 10.2 Å². The van der Waals surface area contributed by atoms with E-state index in [4.69, 9.17) is 0 Å². The van der Waals surface area contributed by atoms with E-state index >= 15 is 0 Å². The number of hydrogen-bond acceptors (Lipinski definition) is 3. The van der Waals surface area contributed by atoms with Crippen molar-refractivity contribution in [1.82, 2.24) is 0 Å². The van der Waals surface area contributed by atoms with Crippen LogP contribution in [0.25, 0.3) is 10.8 Å². The van der Waals surface area contributed by atoms with Crippen LogP contribution in [0.4, 0.5) is 8.78 Å². The Balaban J connectivity index is 2.64. The molecule has 0 heterocycles. The summed E-state index contributed by atoms with van der Waals surface area (Å²) in [6.07, 6.45) is 0. The monoisotopic (exact) mass is 238 g/mol. The lowest BCUT2D eigenvalue weighted by Gasteiger charge is -2.12. The van der Waals surface area contributed by atoms with Crippen LogP contribution in [0.5, 0.6) is 5.75 Å². The molecular formula is C11H9BF2O3. The van der Waals surface area contributed by atoms with E-state index in [9.17, 15) is 18.8 Å². The van der Waals surface area contributed by atoms with E-state index in [1.165, 1.54) is 6.07 Å². The summed E-state index contributed by atoms with van der Waals surface area (Å²) in [4.78, 5) is 0. The van der Waals surface area contributed by atoms with E-state index in [2.05, 4.69) is 4.74 Å². The molecule has 17 heavy (non-hydrogen) atoms. The summed E-state index contributed by atoms with van der Waals surface area (Å²) in [6, 6.07) is 9.68. The second-order valence-electron chi connectivity index (χ2n) is 3.45. The molecule has 0 atom stereocenters. The first-order chi connectivity index (χ1) is 8.09. The highest BCUT2D eigenvalue weighted by atomic mass is 19.3. The van der Waals surface area contributed by atoms with Crippen LogP contribution in [-0.4, -0.2) is 23.8 Å². The molecule has 2 rings (SSSR count). The minimum absolute atomic E-state index is 0.0524. The van der Waals surface area contributed by atoms with Crippen LogP contribution >= 0.6 is 0 Å². The highest BCUT2D eigenvalue weighted by Crippen LogP contribution is 2.20. The zero-order chi connectivity index (χ0) is 12.4. The summed E-state index contributed by atoms with van der Waals surface area (Å²) in [7, 11) is -1.87. The van der Waals surface area contributed by atoms with Gasteiger partial charge in [-0.05, 0) is 16.8 Å². The molecule has 0 saturated carbocycles. The maximum absolute atomic E-state index is 12.2. The Morgan fingerprint density at radius 2 is 1.76 bits per heavy atom. The van der Waals surface area contributed by atoms with Crippen LogP contribution in [0, 0.1) is 0 Å². The van der Waals surface area contributed by atoms with Gasteiger partial charge in [-0.15, -0.1) is 0 Å². The van der Waals surface area contributed by atoms with E-state index in [1.807, 2.05) is 0 Å². The first-order valence-corrected chi connectivity index (χ1v) is 4.92. The van der Waals surface area contributed by atoms with Crippen LogP contribution in [0.1, 0.15) is 0 Å². The molecule has 0 aromatic heterocycles. The van der Waals surface area contributed by atoms with Crippen molar-refractivity contribution in [1.29, 1.82) is 0 Å². The predicted molar refractivity (Wildman–Crippen MR) is 60.4 cm³/mol. The molecule has 3 nitrogen and oxygen atoms in total. The van der Waals surface area contributed by atoms with Gasteiger partial charge in [0.05, 0.1) is 0 Å². The minimum atomic E-state index is -3.01. The van der Waals surface area contributed by atoms with E-state index in [0.717, 1.165) is 5.39 Å². The van der Waals surface area contributed by atoms with Gasteiger partial charge < -0.3 is 14.8 Å². The van der Waals surface area contributed by atoms with Crippen molar-refractivity contribution in [3.8, 4) is 5.75 Å². The number of alkyl halides is 2. The molecule has 0 unspecified atom stereocenters. The van der Waals surface area contributed by atoms with Gasteiger partial charge >= 0.3 is 13.7 Å². The fraction of sp³-hybridized carbons (Fsp3) is 0.0909. The molecule has 0 spiro atoms. The van der Waals surface area contributed by atoms with Gasteiger partial charge in [0.25, 0.3) is 0 Å². The average molecular weight is 238 g/mol. The number of hydrogen-bond donors (Lipinski definition) is 2. The molecule has 0 fully saturated rings. The molecule has 0 bridgehead atoms. The third kappa shape index (κ3) is 2.37. The van der Waals surface area contributed by atoms with Crippen LogP contribution in [0.15, 0.2) is 36.4 Å². The highest BCUT2D eigenvalue weighted by Gasteiger charge is 2.22. The Morgan fingerprint density at radius 3 is 2.41 bits per heavy atom. The summed E-state index contributed by atoms with van der Waals surface area (Å²) in [6.45, 7) is -3.01. The SMILES string of the molecule is OB(O)c1c(OC(F)F)ccc2ccccc12. The number of ether oxygens (including phenoxy) is 1. The van der Waals surface area contributed by atoms with Gasteiger partial charge in [0, 0.05) is 5.46 Å². The molecule has 0 amide bonds. The maximum Gasteiger partial charge on any atom is 0.492 e. The molecule has 0 radical (unpaired) electrons. The first-order valence-electron chi connectivity index (χ1n) is 4.92. The van der Waals surface area contributed by atoms with Crippen molar-refractivity contribution < 1.29 is 23.6 Å².